The van der Waals surface area contributed by atoms with E-state index < -0.39 is 29.9 Å². The number of carbonyl (C=O) groups is 4. The summed E-state index contributed by atoms with van der Waals surface area (Å²) in [6.45, 7) is 7.85. The van der Waals surface area contributed by atoms with Crippen LogP contribution in [0.2, 0.25) is 0 Å². The van der Waals surface area contributed by atoms with Crippen LogP contribution in [0.5, 0.6) is 0 Å². The monoisotopic (exact) mass is 299 g/mol. The fourth-order valence-corrected chi connectivity index (χ4v) is 1.66. The predicted octanol–water partition coefficient (Wildman–Crippen LogP) is -0.110. The lowest BCUT2D eigenvalue weighted by atomic mass is 10.1. The Hall–Kier alpha value is -1.92. The van der Waals surface area contributed by atoms with Crippen LogP contribution in [0, 0.1) is 0 Å². The normalized spacial score (nSPS) is 14.5. The number of carbonyl (C=O) groups excluding carboxylic acids is 4. The Bertz CT molecular complexity index is 409. The van der Waals surface area contributed by atoms with Crippen molar-refractivity contribution in [3.05, 3.63) is 0 Å². The maximum Gasteiger partial charge on any atom is 0.242 e. The van der Waals surface area contributed by atoms with Gasteiger partial charge in [-0.05, 0) is 27.2 Å². The molecule has 0 saturated carbocycles. The van der Waals surface area contributed by atoms with Gasteiger partial charge in [0, 0.05) is 13.3 Å². The molecule has 21 heavy (non-hydrogen) atoms. The van der Waals surface area contributed by atoms with Crippen LogP contribution in [0.15, 0.2) is 0 Å². The maximum absolute atomic E-state index is 11.9. The second-order valence-electron chi connectivity index (χ2n) is 5.10. The predicted molar refractivity (Wildman–Crippen MR) is 78.4 cm³/mol. The number of rotatable bonds is 8. The van der Waals surface area contributed by atoms with E-state index in [9.17, 15) is 19.2 Å². The molecule has 0 heterocycles. The summed E-state index contributed by atoms with van der Waals surface area (Å²) in [5, 5.41) is 7.47. The Morgan fingerprint density at radius 1 is 0.810 bits per heavy atom. The van der Waals surface area contributed by atoms with Crippen LogP contribution < -0.4 is 16.0 Å². The van der Waals surface area contributed by atoms with Crippen LogP contribution in [-0.4, -0.2) is 41.6 Å². The molecule has 0 radical (unpaired) electrons. The summed E-state index contributed by atoms with van der Waals surface area (Å²) in [6, 6.07) is -2.09. The van der Waals surface area contributed by atoms with Crippen LogP contribution in [0.1, 0.15) is 47.5 Å². The van der Waals surface area contributed by atoms with Crippen molar-refractivity contribution in [2.24, 2.45) is 0 Å². The second kappa shape index (κ2) is 9.10. The van der Waals surface area contributed by atoms with Gasteiger partial charge in [-0.25, -0.2) is 0 Å². The van der Waals surface area contributed by atoms with E-state index >= 15 is 0 Å². The Morgan fingerprint density at radius 2 is 1.24 bits per heavy atom. The van der Waals surface area contributed by atoms with E-state index in [0.29, 0.717) is 6.42 Å². The molecular formula is C14H25N3O4. The van der Waals surface area contributed by atoms with Crippen LogP contribution >= 0.6 is 0 Å². The van der Waals surface area contributed by atoms with Gasteiger partial charge in [0.15, 0.2) is 5.78 Å². The SMILES string of the molecule is CCCC(=O)C(C)NC(=O)C(C)NC(=O)C(C)NC(C)=O. The molecular weight excluding hydrogens is 274 g/mol. The van der Waals surface area contributed by atoms with Crippen molar-refractivity contribution in [3.8, 4) is 0 Å². The molecule has 7 heteroatoms. The molecule has 0 aliphatic rings. The Kier molecular flexibility index (Phi) is 8.26. The van der Waals surface area contributed by atoms with E-state index in [1.54, 1.807) is 6.92 Å². The molecule has 0 fully saturated rings. The van der Waals surface area contributed by atoms with E-state index in [-0.39, 0.29) is 11.7 Å². The van der Waals surface area contributed by atoms with Gasteiger partial charge in [0.05, 0.1) is 6.04 Å². The van der Waals surface area contributed by atoms with E-state index in [1.165, 1.54) is 20.8 Å². The molecule has 0 aromatic heterocycles. The van der Waals surface area contributed by atoms with Gasteiger partial charge in [-0.2, -0.15) is 0 Å². The first kappa shape index (κ1) is 19.1. The van der Waals surface area contributed by atoms with Crippen molar-refractivity contribution >= 4 is 23.5 Å². The highest BCUT2D eigenvalue weighted by Crippen LogP contribution is 1.96. The molecule has 0 bridgehead atoms. The molecule has 120 valence electrons. The highest BCUT2D eigenvalue weighted by atomic mass is 16.2. The summed E-state index contributed by atoms with van der Waals surface area (Å²) in [7, 11) is 0. The fourth-order valence-electron chi connectivity index (χ4n) is 1.66. The van der Waals surface area contributed by atoms with Gasteiger partial charge in [-0.1, -0.05) is 6.92 Å². The van der Waals surface area contributed by atoms with Gasteiger partial charge in [-0.15, -0.1) is 0 Å². The molecule has 3 atom stereocenters. The number of ketones is 1. The molecule has 0 aliphatic heterocycles. The maximum atomic E-state index is 11.9. The quantitative estimate of drug-likeness (QED) is 0.581. The van der Waals surface area contributed by atoms with Crippen LogP contribution in [-0.2, 0) is 19.2 Å². The van der Waals surface area contributed by atoms with E-state index in [1.807, 2.05) is 6.92 Å². The molecule has 7 nitrogen and oxygen atoms in total. The number of hydrogen-bond donors (Lipinski definition) is 3. The number of nitrogens with one attached hydrogen (secondary N) is 3. The summed E-state index contributed by atoms with van der Waals surface area (Å²) in [6.07, 6.45) is 1.13. The molecule has 0 spiro atoms. The Labute approximate surface area is 125 Å². The Morgan fingerprint density at radius 3 is 1.67 bits per heavy atom. The van der Waals surface area contributed by atoms with Gasteiger partial charge in [-0.3, -0.25) is 19.2 Å². The zero-order valence-corrected chi connectivity index (χ0v) is 13.3. The molecule has 0 aromatic rings. The molecule has 0 saturated heterocycles. The molecule has 0 rings (SSSR count). The minimum Gasteiger partial charge on any atom is -0.345 e. The van der Waals surface area contributed by atoms with Crippen molar-refractivity contribution in [3.63, 3.8) is 0 Å². The number of hydrogen-bond acceptors (Lipinski definition) is 4. The van der Waals surface area contributed by atoms with Gasteiger partial charge in [0.2, 0.25) is 17.7 Å². The Balaban J connectivity index is 4.36. The highest BCUT2D eigenvalue weighted by Gasteiger charge is 2.22. The van der Waals surface area contributed by atoms with E-state index in [4.69, 9.17) is 0 Å². The van der Waals surface area contributed by atoms with E-state index in [2.05, 4.69) is 16.0 Å². The summed E-state index contributed by atoms with van der Waals surface area (Å²) in [5.74, 6) is -1.26. The minimum absolute atomic E-state index is 0.0454. The molecule has 0 aliphatic carbocycles. The van der Waals surface area contributed by atoms with Crippen LogP contribution in [0.3, 0.4) is 0 Å². The van der Waals surface area contributed by atoms with Crippen molar-refractivity contribution < 1.29 is 19.2 Å². The first-order valence-corrected chi connectivity index (χ1v) is 7.09. The largest absolute Gasteiger partial charge is 0.345 e. The fraction of sp³-hybridized carbons (Fsp3) is 0.714. The second-order valence-corrected chi connectivity index (χ2v) is 5.10. The average Bonchev–Trinajstić information content (AvgIpc) is 2.37. The van der Waals surface area contributed by atoms with Crippen molar-refractivity contribution in [2.75, 3.05) is 0 Å². The topological polar surface area (TPSA) is 104 Å². The van der Waals surface area contributed by atoms with Crippen LogP contribution in [0.4, 0.5) is 0 Å². The lowest BCUT2D eigenvalue weighted by molar-refractivity contribution is -0.132. The smallest absolute Gasteiger partial charge is 0.242 e. The highest BCUT2D eigenvalue weighted by molar-refractivity contribution is 5.93. The standard InChI is InChI=1S/C14H25N3O4/c1-6-7-12(19)8(2)16-14(21)10(4)17-13(20)9(3)15-11(5)18/h8-10H,6-7H2,1-5H3,(H,15,18)(H,16,21)(H,17,20). The molecule has 3 unspecified atom stereocenters. The summed E-state index contributed by atoms with van der Waals surface area (Å²) in [5.41, 5.74) is 0. The van der Waals surface area contributed by atoms with Crippen LogP contribution in [0.25, 0.3) is 0 Å². The first-order chi connectivity index (χ1) is 9.68. The lowest BCUT2D eigenvalue weighted by Gasteiger charge is -2.19. The number of amides is 3. The molecule has 3 N–H and O–H groups in total. The van der Waals surface area contributed by atoms with Crippen molar-refractivity contribution in [2.45, 2.75) is 65.6 Å². The van der Waals surface area contributed by atoms with E-state index in [0.717, 1.165) is 6.42 Å². The number of Topliss-reactive ketones (excluding diaryl/α,β-unsaturated/α-hetero) is 1. The van der Waals surface area contributed by atoms with Gasteiger partial charge in [0.25, 0.3) is 0 Å². The third-order valence-corrected chi connectivity index (χ3v) is 2.90. The third-order valence-electron chi connectivity index (χ3n) is 2.90. The summed E-state index contributed by atoms with van der Waals surface area (Å²) in [4.78, 5) is 46.1. The van der Waals surface area contributed by atoms with Gasteiger partial charge >= 0.3 is 0 Å². The van der Waals surface area contributed by atoms with Crippen molar-refractivity contribution in [1.82, 2.24) is 16.0 Å². The summed E-state index contributed by atoms with van der Waals surface area (Å²) >= 11 is 0. The molecule has 3 amide bonds. The van der Waals surface area contributed by atoms with Gasteiger partial charge < -0.3 is 16.0 Å². The summed E-state index contributed by atoms with van der Waals surface area (Å²) < 4.78 is 0. The molecule has 0 aromatic carbocycles. The first-order valence-electron chi connectivity index (χ1n) is 7.09. The lowest BCUT2D eigenvalue weighted by Crippen LogP contribution is -2.53. The third kappa shape index (κ3) is 7.43. The average molecular weight is 299 g/mol. The van der Waals surface area contributed by atoms with Crippen molar-refractivity contribution in [1.29, 1.82) is 0 Å². The zero-order valence-electron chi connectivity index (χ0n) is 13.3. The minimum atomic E-state index is -0.786. The zero-order chi connectivity index (χ0) is 16.6. The van der Waals surface area contributed by atoms with Gasteiger partial charge in [0.1, 0.15) is 12.1 Å².